The lowest BCUT2D eigenvalue weighted by atomic mass is 10.2. The summed E-state index contributed by atoms with van der Waals surface area (Å²) in [5, 5.41) is 0. The molecule has 0 amide bonds. The summed E-state index contributed by atoms with van der Waals surface area (Å²) < 4.78 is 36.1. The molecule has 1 fully saturated rings. The minimum atomic E-state index is -3.89. The molecule has 1 saturated heterocycles. The van der Waals surface area contributed by atoms with Crippen LogP contribution in [0.1, 0.15) is 10.1 Å². The summed E-state index contributed by atoms with van der Waals surface area (Å²) in [6, 6.07) is 11.7. The van der Waals surface area contributed by atoms with Crippen molar-refractivity contribution in [1.82, 2.24) is 0 Å². The first-order valence-corrected chi connectivity index (χ1v) is 11.4. The van der Waals surface area contributed by atoms with Gasteiger partial charge >= 0.3 is 10.1 Å². The van der Waals surface area contributed by atoms with Crippen molar-refractivity contribution in [1.29, 1.82) is 0 Å². The van der Waals surface area contributed by atoms with Gasteiger partial charge in [-0.2, -0.15) is 8.42 Å². The van der Waals surface area contributed by atoms with Crippen LogP contribution in [0.3, 0.4) is 0 Å². The van der Waals surface area contributed by atoms with Gasteiger partial charge in [0.05, 0.1) is 16.2 Å². The van der Waals surface area contributed by atoms with Crippen molar-refractivity contribution >= 4 is 49.6 Å². The van der Waals surface area contributed by atoms with Crippen molar-refractivity contribution in [2.45, 2.75) is 9.48 Å². The van der Waals surface area contributed by atoms with Crippen LogP contribution in [0, 0.1) is 0 Å². The van der Waals surface area contributed by atoms with Crippen molar-refractivity contribution in [3.05, 3.63) is 52.5 Å². The summed E-state index contributed by atoms with van der Waals surface area (Å²) in [5.74, 6) is 3.16. The Morgan fingerprint density at radius 2 is 1.75 bits per heavy atom. The van der Waals surface area contributed by atoms with Crippen molar-refractivity contribution in [2.75, 3.05) is 18.6 Å². The molecule has 2 aromatic rings. The fourth-order valence-corrected chi connectivity index (χ4v) is 6.72. The highest BCUT2D eigenvalue weighted by Gasteiger charge is 2.20. The number of halogens is 1. The van der Waals surface area contributed by atoms with Crippen LogP contribution >= 0.6 is 39.5 Å². The standard InChI is InChI=1S/C16H15BrO4S3/c1-20-15-7-6-13(10-14(15)17)24(18,19)21-12-4-2-11(3-5-12)16-22-8-9-23-16/h2-7,10,16H,8-9H2,1H3. The molecular weight excluding hydrogens is 432 g/mol. The average Bonchev–Trinajstić information content (AvgIpc) is 3.09. The maximum absolute atomic E-state index is 12.4. The largest absolute Gasteiger partial charge is 0.496 e. The summed E-state index contributed by atoms with van der Waals surface area (Å²) in [5.41, 5.74) is 1.18. The Hall–Kier alpha value is -0.830. The molecule has 4 nitrogen and oxygen atoms in total. The number of methoxy groups -OCH3 is 1. The zero-order chi connectivity index (χ0) is 17.2. The topological polar surface area (TPSA) is 52.6 Å². The summed E-state index contributed by atoms with van der Waals surface area (Å²) in [4.78, 5) is 0.0705. The zero-order valence-electron chi connectivity index (χ0n) is 12.8. The lowest BCUT2D eigenvalue weighted by molar-refractivity contribution is 0.411. The Kier molecular flexibility index (Phi) is 5.69. The summed E-state index contributed by atoms with van der Waals surface area (Å²) >= 11 is 7.09. The van der Waals surface area contributed by atoms with E-state index in [0.717, 1.165) is 11.5 Å². The molecule has 0 saturated carbocycles. The Labute approximate surface area is 158 Å². The number of ether oxygens (including phenoxy) is 1. The molecule has 0 N–H and O–H groups in total. The van der Waals surface area contributed by atoms with Crippen molar-refractivity contribution < 1.29 is 17.3 Å². The van der Waals surface area contributed by atoms with Gasteiger partial charge in [-0.15, -0.1) is 23.5 Å². The number of hydrogen-bond donors (Lipinski definition) is 0. The molecule has 2 aromatic carbocycles. The molecule has 128 valence electrons. The lowest BCUT2D eigenvalue weighted by Crippen LogP contribution is -2.10. The van der Waals surface area contributed by atoms with E-state index in [1.165, 1.54) is 24.8 Å². The van der Waals surface area contributed by atoms with Gasteiger partial charge in [-0.3, -0.25) is 0 Å². The molecule has 0 atom stereocenters. The number of thioether (sulfide) groups is 2. The molecule has 0 bridgehead atoms. The molecular formula is C16H15BrO4S3. The summed E-state index contributed by atoms with van der Waals surface area (Å²) in [7, 11) is -2.37. The molecule has 1 aliphatic heterocycles. The van der Waals surface area contributed by atoms with E-state index in [1.807, 2.05) is 35.7 Å². The zero-order valence-corrected chi connectivity index (χ0v) is 16.8. The first-order valence-electron chi connectivity index (χ1n) is 7.11. The molecule has 8 heteroatoms. The highest BCUT2D eigenvalue weighted by molar-refractivity contribution is 9.10. The fraction of sp³-hybridized carbons (Fsp3) is 0.250. The van der Waals surface area contributed by atoms with E-state index in [0.29, 0.717) is 20.6 Å². The third-order valence-electron chi connectivity index (χ3n) is 3.39. The van der Waals surface area contributed by atoms with Gasteiger partial charge in [0, 0.05) is 11.5 Å². The van der Waals surface area contributed by atoms with Gasteiger partial charge in [-0.25, -0.2) is 0 Å². The van der Waals surface area contributed by atoms with Crippen molar-refractivity contribution in [3.63, 3.8) is 0 Å². The smallest absolute Gasteiger partial charge is 0.339 e. The fourth-order valence-electron chi connectivity index (χ4n) is 2.21. The predicted octanol–water partition coefficient (Wildman–Crippen LogP) is 4.70. The van der Waals surface area contributed by atoms with E-state index in [-0.39, 0.29) is 4.90 Å². The maximum atomic E-state index is 12.4. The van der Waals surface area contributed by atoms with Crippen LogP contribution in [-0.4, -0.2) is 27.0 Å². The number of hydrogen-bond acceptors (Lipinski definition) is 6. The molecule has 0 unspecified atom stereocenters. The van der Waals surface area contributed by atoms with E-state index in [1.54, 1.807) is 18.2 Å². The highest BCUT2D eigenvalue weighted by atomic mass is 79.9. The first kappa shape index (κ1) is 18.0. The molecule has 0 spiro atoms. The number of rotatable bonds is 5. The second-order valence-corrected chi connectivity index (χ2v) is 10.1. The molecule has 0 aromatic heterocycles. The second-order valence-electron chi connectivity index (χ2n) is 4.98. The van der Waals surface area contributed by atoms with Crippen LogP contribution in [0.4, 0.5) is 0 Å². The molecule has 1 heterocycles. The normalized spacial score (nSPS) is 15.4. The van der Waals surface area contributed by atoms with Gasteiger partial charge < -0.3 is 8.92 Å². The van der Waals surface area contributed by atoms with Gasteiger partial charge in [-0.1, -0.05) is 12.1 Å². The van der Waals surface area contributed by atoms with Gasteiger partial charge in [-0.05, 0) is 51.8 Å². The van der Waals surface area contributed by atoms with Gasteiger partial charge in [0.2, 0.25) is 0 Å². The van der Waals surface area contributed by atoms with Crippen molar-refractivity contribution in [3.8, 4) is 11.5 Å². The third-order valence-corrected chi connectivity index (χ3v) is 8.36. The van der Waals surface area contributed by atoms with E-state index >= 15 is 0 Å². The van der Waals surface area contributed by atoms with Gasteiger partial charge in [0.25, 0.3) is 0 Å². The Bertz CT molecular complexity index is 816. The van der Waals surface area contributed by atoms with Gasteiger partial charge in [0.15, 0.2) is 0 Å². The average molecular weight is 447 g/mol. The molecule has 3 rings (SSSR count). The quantitative estimate of drug-likeness (QED) is 0.620. The Morgan fingerprint density at radius 1 is 1.08 bits per heavy atom. The summed E-state index contributed by atoms with van der Waals surface area (Å²) in [6.45, 7) is 0. The third kappa shape index (κ3) is 4.04. The van der Waals surface area contributed by atoms with E-state index < -0.39 is 10.1 Å². The van der Waals surface area contributed by atoms with Crippen molar-refractivity contribution in [2.24, 2.45) is 0 Å². The SMILES string of the molecule is COc1ccc(S(=O)(=O)Oc2ccc(C3SCCS3)cc2)cc1Br. The van der Waals surface area contributed by atoms with Crippen LogP contribution in [0.5, 0.6) is 11.5 Å². The van der Waals surface area contributed by atoms with Gasteiger partial charge in [0.1, 0.15) is 16.4 Å². The van der Waals surface area contributed by atoms with E-state index in [4.69, 9.17) is 8.92 Å². The molecule has 0 aliphatic carbocycles. The van der Waals surface area contributed by atoms with E-state index in [9.17, 15) is 8.42 Å². The Balaban J connectivity index is 1.77. The number of benzene rings is 2. The Morgan fingerprint density at radius 3 is 2.33 bits per heavy atom. The molecule has 0 radical (unpaired) electrons. The predicted molar refractivity (Wildman–Crippen MR) is 103 cm³/mol. The maximum Gasteiger partial charge on any atom is 0.339 e. The van der Waals surface area contributed by atoms with Crippen LogP contribution < -0.4 is 8.92 Å². The van der Waals surface area contributed by atoms with Crippen LogP contribution in [0.25, 0.3) is 0 Å². The van der Waals surface area contributed by atoms with E-state index in [2.05, 4.69) is 15.9 Å². The second kappa shape index (κ2) is 7.59. The molecule has 1 aliphatic rings. The van der Waals surface area contributed by atoms with Crippen LogP contribution in [0.2, 0.25) is 0 Å². The summed E-state index contributed by atoms with van der Waals surface area (Å²) in [6.07, 6.45) is 0. The minimum Gasteiger partial charge on any atom is -0.496 e. The van der Waals surface area contributed by atoms with Crippen LogP contribution in [-0.2, 0) is 10.1 Å². The molecule has 24 heavy (non-hydrogen) atoms. The monoisotopic (exact) mass is 446 g/mol. The highest BCUT2D eigenvalue weighted by Crippen LogP contribution is 2.45. The minimum absolute atomic E-state index is 0.0705. The van der Waals surface area contributed by atoms with Crippen LogP contribution in [0.15, 0.2) is 51.8 Å². The lowest BCUT2D eigenvalue weighted by Gasteiger charge is -2.11. The first-order chi connectivity index (χ1) is 11.5.